The quantitative estimate of drug-likeness (QED) is 0.642. The predicted octanol–water partition coefficient (Wildman–Crippen LogP) is 0.787. The summed E-state index contributed by atoms with van der Waals surface area (Å²) >= 11 is 0. The van der Waals surface area contributed by atoms with Gasteiger partial charge in [-0.25, -0.2) is 4.99 Å². The van der Waals surface area contributed by atoms with Crippen LogP contribution in [0.2, 0.25) is 0 Å². The average Bonchev–Trinajstić information content (AvgIpc) is 2.33. The Labute approximate surface area is 67.6 Å². The van der Waals surface area contributed by atoms with E-state index >= 15 is 0 Å². The van der Waals surface area contributed by atoms with Crippen molar-refractivity contribution in [2.45, 2.75) is 32.9 Å². The molecule has 2 atom stereocenters. The Morgan fingerprint density at radius 3 is 2.45 bits per heavy atom. The molecule has 1 aliphatic rings. The van der Waals surface area contributed by atoms with Crippen LogP contribution in [-0.4, -0.2) is 24.6 Å². The van der Waals surface area contributed by atoms with Crippen molar-refractivity contribution in [2.24, 2.45) is 16.6 Å². The predicted molar refractivity (Wildman–Crippen MR) is 45.7 cm³/mol. The maximum Gasteiger partial charge on any atom is 0.200 e. The van der Waals surface area contributed by atoms with E-state index in [-0.39, 0.29) is 6.04 Å². The summed E-state index contributed by atoms with van der Waals surface area (Å²) in [6.07, 6.45) is 0. The van der Waals surface area contributed by atoms with Gasteiger partial charge in [0.05, 0.1) is 12.1 Å². The number of nitrogens with zero attached hydrogens (tertiary/aromatic N) is 1. The molecule has 0 saturated heterocycles. The summed E-state index contributed by atoms with van der Waals surface area (Å²) in [5.74, 6) is 1.26. The Kier molecular flexibility index (Phi) is 2.49. The first-order valence-corrected chi connectivity index (χ1v) is 4.07. The molecule has 0 aromatic heterocycles. The van der Waals surface area contributed by atoms with Crippen LogP contribution in [-0.2, 0) is 4.74 Å². The summed E-state index contributed by atoms with van der Waals surface area (Å²) in [5, 5.41) is 0. The second kappa shape index (κ2) is 3.22. The second-order valence-electron chi connectivity index (χ2n) is 3.38. The van der Waals surface area contributed by atoms with Gasteiger partial charge in [-0.3, -0.25) is 0 Å². The third-order valence-corrected chi connectivity index (χ3v) is 1.85. The molecule has 0 aromatic rings. The Morgan fingerprint density at radius 2 is 2.18 bits per heavy atom. The molecule has 0 unspecified atom stereocenters. The molecule has 2 N–H and O–H groups in total. The number of rotatable bonds is 2. The van der Waals surface area contributed by atoms with Gasteiger partial charge in [0.15, 0.2) is 0 Å². The highest BCUT2D eigenvalue weighted by Crippen LogP contribution is 2.14. The largest absolute Gasteiger partial charge is 0.478 e. The van der Waals surface area contributed by atoms with Gasteiger partial charge < -0.3 is 10.5 Å². The van der Waals surface area contributed by atoms with Crippen LogP contribution in [0.1, 0.15) is 20.8 Å². The minimum absolute atomic E-state index is 0.0567. The van der Waals surface area contributed by atoms with Crippen molar-refractivity contribution < 1.29 is 4.74 Å². The molecule has 0 spiro atoms. The van der Waals surface area contributed by atoms with Gasteiger partial charge in [0.2, 0.25) is 5.90 Å². The molecule has 1 rings (SSSR count). The lowest BCUT2D eigenvalue weighted by Gasteiger charge is -2.06. The monoisotopic (exact) mass is 156 g/mol. The van der Waals surface area contributed by atoms with Gasteiger partial charge in [-0.05, 0) is 12.8 Å². The lowest BCUT2D eigenvalue weighted by Crippen LogP contribution is -2.26. The molecule has 3 nitrogen and oxygen atoms in total. The van der Waals surface area contributed by atoms with E-state index in [1.165, 1.54) is 0 Å². The Bertz CT molecular complexity index is 163. The molecule has 1 heterocycles. The molecular formula is C8H16N2O. The van der Waals surface area contributed by atoms with E-state index in [9.17, 15) is 0 Å². The van der Waals surface area contributed by atoms with Gasteiger partial charge in [0, 0.05) is 0 Å². The minimum atomic E-state index is -0.0567. The smallest absolute Gasteiger partial charge is 0.200 e. The second-order valence-corrected chi connectivity index (χ2v) is 3.38. The van der Waals surface area contributed by atoms with Gasteiger partial charge in [0.1, 0.15) is 6.61 Å². The van der Waals surface area contributed by atoms with Gasteiger partial charge in [-0.1, -0.05) is 13.8 Å². The highest BCUT2D eigenvalue weighted by molar-refractivity contribution is 5.82. The summed E-state index contributed by atoms with van der Waals surface area (Å²) in [6, 6.07) is 0.259. The van der Waals surface area contributed by atoms with Crippen LogP contribution in [0.3, 0.4) is 0 Å². The zero-order valence-electron chi connectivity index (χ0n) is 7.37. The molecule has 1 aliphatic heterocycles. The van der Waals surface area contributed by atoms with Crippen LogP contribution in [0.15, 0.2) is 4.99 Å². The van der Waals surface area contributed by atoms with Crippen LogP contribution in [0.25, 0.3) is 0 Å². The van der Waals surface area contributed by atoms with Crippen molar-refractivity contribution in [3.63, 3.8) is 0 Å². The van der Waals surface area contributed by atoms with Crippen LogP contribution in [0.5, 0.6) is 0 Å². The Morgan fingerprint density at radius 1 is 1.55 bits per heavy atom. The molecule has 0 saturated carbocycles. The maximum atomic E-state index is 5.60. The van der Waals surface area contributed by atoms with Gasteiger partial charge in [0.25, 0.3) is 0 Å². The van der Waals surface area contributed by atoms with E-state index in [4.69, 9.17) is 10.5 Å². The van der Waals surface area contributed by atoms with Crippen molar-refractivity contribution >= 4 is 5.90 Å². The van der Waals surface area contributed by atoms with Crippen molar-refractivity contribution in [1.29, 1.82) is 0 Å². The molecule has 0 aliphatic carbocycles. The maximum absolute atomic E-state index is 5.60. The van der Waals surface area contributed by atoms with Gasteiger partial charge in [-0.15, -0.1) is 0 Å². The lowest BCUT2D eigenvalue weighted by molar-refractivity contribution is 0.284. The summed E-state index contributed by atoms with van der Waals surface area (Å²) in [6.45, 7) is 6.87. The first-order valence-electron chi connectivity index (χ1n) is 4.07. The zero-order chi connectivity index (χ0) is 8.43. The van der Waals surface area contributed by atoms with E-state index < -0.39 is 0 Å². The minimum Gasteiger partial charge on any atom is -0.478 e. The average molecular weight is 156 g/mol. The standard InChI is InChI=1S/C8H16N2O/c1-5(2)7-4-11-8(10-7)6(3)9/h5-7H,4,9H2,1-3H3/t6-,7+/m0/s1. The lowest BCUT2D eigenvalue weighted by atomic mass is 10.1. The Balaban J connectivity index is 2.54. The van der Waals surface area contributed by atoms with E-state index in [2.05, 4.69) is 18.8 Å². The van der Waals surface area contributed by atoms with Crippen molar-refractivity contribution in [3.05, 3.63) is 0 Å². The number of hydrogen-bond acceptors (Lipinski definition) is 3. The van der Waals surface area contributed by atoms with Gasteiger partial charge >= 0.3 is 0 Å². The molecule has 0 radical (unpaired) electrons. The zero-order valence-corrected chi connectivity index (χ0v) is 7.37. The number of ether oxygens (including phenoxy) is 1. The third kappa shape index (κ3) is 1.93. The SMILES string of the molecule is CC(C)[C@H]1COC([C@H](C)N)=N1. The highest BCUT2D eigenvalue weighted by Gasteiger charge is 2.23. The molecule has 11 heavy (non-hydrogen) atoms. The first-order chi connectivity index (χ1) is 5.11. The molecule has 0 aromatic carbocycles. The fourth-order valence-corrected chi connectivity index (χ4v) is 0.999. The first kappa shape index (κ1) is 8.53. The van der Waals surface area contributed by atoms with E-state index in [0.29, 0.717) is 24.5 Å². The number of aliphatic imine (C=N–C) groups is 1. The summed E-state index contributed by atoms with van der Waals surface area (Å²) < 4.78 is 5.31. The van der Waals surface area contributed by atoms with E-state index in [1.807, 2.05) is 6.92 Å². The fraction of sp³-hybridized carbons (Fsp3) is 0.875. The highest BCUT2D eigenvalue weighted by atomic mass is 16.5. The topological polar surface area (TPSA) is 47.6 Å². The van der Waals surface area contributed by atoms with Crippen LogP contribution < -0.4 is 5.73 Å². The molecule has 64 valence electrons. The third-order valence-electron chi connectivity index (χ3n) is 1.85. The molecule has 0 fully saturated rings. The van der Waals surface area contributed by atoms with Crippen molar-refractivity contribution in [3.8, 4) is 0 Å². The molecular weight excluding hydrogens is 140 g/mol. The summed E-state index contributed by atoms with van der Waals surface area (Å²) in [5.41, 5.74) is 5.60. The normalized spacial score (nSPS) is 26.6. The van der Waals surface area contributed by atoms with Gasteiger partial charge in [-0.2, -0.15) is 0 Å². The summed E-state index contributed by atoms with van der Waals surface area (Å²) in [7, 11) is 0. The van der Waals surface area contributed by atoms with E-state index in [1.54, 1.807) is 0 Å². The molecule has 0 bridgehead atoms. The molecule has 3 heteroatoms. The van der Waals surface area contributed by atoms with Crippen molar-refractivity contribution in [2.75, 3.05) is 6.61 Å². The van der Waals surface area contributed by atoms with Crippen LogP contribution >= 0.6 is 0 Å². The van der Waals surface area contributed by atoms with Crippen LogP contribution in [0, 0.1) is 5.92 Å². The van der Waals surface area contributed by atoms with Crippen molar-refractivity contribution in [1.82, 2.24) is 0 Å². The van der Waals surface area contributed by atoms with E-state index in [0.717, 1.165) is 0 Å². The molecule has 0 amide bonds. The van der Waals surface area contributed by atoms with Crippen LogP contribution in [0.4, 0.5) is 0 Å². The number of hydrogen-bond donors (Lipinski definition) is 1. The summed E-state index contributed by atoms with van der Waals surface area (Å²) in [4.78, 5) is 4.36. The number of nitrogens with two attached hydrogens (primary N) is 1. The fourth-order valence-electron chi connectivity index (χ4n) is 0.999. The Hall–Kier alpha value is -0.570.